The van der Waals surface area contributed by atoms with Gasteiger partial charge in [0.1, 0.15) is 5.82 Å². The Morgan fingerprint density at radius 2 is 1.73 bits per heavy atom. The molecule has 0 atom stereocenters. The topological polar surface area (TPSA) is 78.5 Å². The summed E-state index contributed by atoms with van der Waals surface area (Å²) in [5.41, 5.74) is 0.338. The van der Waals surface area contributed by atoms with E-state index in [0.29, 0.717) is 6.54 Å². The van der Waals surface area contributed by atoms with Crippen molar-refractivity contribution in [2.24, 2.45) is 0 Å². The standard InChI is InChI=1S/C22H28FN3O3S/c1-22(2,26-13-4-3-5-14-26)16-24-21(27)17-7-6-8-20(15-17)30(28,29)25-19-11-9-18(23)10-12-19/h6-12,15,25H,3-5,13-14,16H2,1-2H3,(H,24,27). The number of rotatable bonds is 7. The molecule has 1 aliphatic rings. The molecule has 2 N–H and O–H groups in total. The maximum absolute atomic E-state index is 13.0. The van der Waals surface area contributed by atoms with Crippen molar-refractivity contribution in [1.82, 2.24) is 10.2 Å². The number of nitrogens with zero attached hydrogens (tertiary/aromatic N) is 1. The Morgan fingerprint density at radius 3 is 2.40 bits per heavy atom. The number of benzene rings is 2. The van der Waals surface area contributed by atoms with Crippen molar-refractivity contribution < 1.29 is 17.6 Å². The summed E-state index contributed by atoms with van der Waals surface area (Å²) >= 11 is 0. The second kappa shape index (κ2) is 9.14. The second-order valence-corrected chi connectivity index (χ2v) is 9.87. The lowest BCUT2D eigenvalue weighted by Crippen LogP contribution is -2.53. The number of amides is 1. The molecule has 0 unspecified atom stereocenters. The molecule has 0 saturated carbocycles. The summed E-state index contributed by atoms with van der Waals surface area (Å²) in [5.74, 6) is -0.775. The van der Waals surface area contributed by atoms with Crippen LogP contribution in [0.25, 0.3) is 0 Å². The Morgan fingerprint density at radius 1 is 1.07 bits per heavy atom. The van der Waals surface area contributed by atoms with Crippen molar-refractivity contribution in [2.45, 2.75) is 43.5 Å². The molecule has 1 fully saturated rings. The van der Waals surface area contributed by atoms with Gasteiger partial charge in [-0.2, -0.15) is 0 Å². The Bertz CT molecular complexity index is 985. The van der Waals surface area contributed by atoms with Crippen molar-refractivity contribution in [3.05, 3.63) is 59.9 Å². The molecule has 1 heterocycles. The molecule has 162 valence electrons. The van der Waals surface area contributed by atoms with Crippen LogP contribution < -0.4 is 10.0 Å². The van der Waals surface area contributed by atoms with Gasteiger partial charge in [0, 0.05) is 23.3 Å². The zero-order chi connectivity index (χ0) is 21.8. The quantitative estimate of drug-likeness (QED) is 0.699. The van der Waals surface area contributed by atoms with Gasteiger partial charge in [0.25, 0.3) is 15.9 Å². The number of sulfonamides is 1. The first-order chi connectivity index (χ1) is 14.2. The van der Waals surface area contributed by atoms with Crippen molar-refractivity contribution >= 4 is 21.6 Å². The summed E-state index contributed by atoms with van der Waals surface area (Å²) in [6.45, 7) is 6.71. The van der Waals surface area contributed by atoms with E-state index in [1.165, 1.54) is 61.7 Å². The third-order valence-corrected chi connectivity index (χ3v) is 6.78. The Hall–Kier alpha value is -2.45. The predicted octanol–water partition coefficient (Wildman–Crippen LogP) is 3.62. The van der Waals surface area contributed by atoms with E-state index < -0.39 is 15.8 Å². The van der Waals surface area contributed by atoms with E-state index in [4.69, 9.17) is 0 Å². The molecular weight excluding hydrogens is 405 g/mol. The summed E-state index contributed by atoms with van der Waals surface area (Å²) in [6, 6.07) is 10.9. The maximum atomic E-state index is 13.0. The number of hydrogen-bond acceptors (Lipinski definition) is 4. The molecule has 2 aromatic carbocycles. The fraction of sp³-hybridized carbons (Fsp3) is 0.409. The molecule has 6 nitrogen and oxygen atoms in total. The zero-order valence-electron chi connectivity index (χ0n) is 17.3. The molecule has 1 aliphatic heterocycles. The SMILES string of the molecule is CC(C)(CNC(=O)c1cccc(S(=O)(=O)Nc2ccc(F)cc2)c1)N1CCCCC1. The summed E-state index contributed by atoms with van der Waals surface area (Å²) in [7, 11) is -3.90. The fourth-order valence-electron chi connectivity index (χ4n) is 3.55. The summed E-state index contributed by atoms with van der Waals surface area (Å²) < 4.78 is 40.7. The normalized spacial score (nSPS) is 15.6. The van der Waals surface area contributed by atoms with Crippen LogP contribution in [0, 0.1) is 5.82 Å². The molecule has 8 heteroatoms. The molecule has 0 aromatic heterocycles. The van der Waals surface area contributed by atoms with Crippen LogP contribution in [0.5, 0.6) is 0 Å². The van der Waals surface area contributed by atoms with Crippen molar-refractivity contribution in [2.75, 3.05) is 24.4 Å². The molecule has 1 saturated heterocycles. The number of likely N-dealkylation sites (tertiary alicyclic amines) is 1. The van der Waals surface area contributed by atoms with Gasteiger partial charge in [-0.1, -0.05) is 12.5 Å². The molecule has 0 aliphatic carbocycles. The fourth-order valence-corrected chi connectivity index (χ4v) is 4.65. The van der Waals surface area contributed by atoms with Gasteiger partial charge in [0.05, 0.1) is 4.90 Å². The first kappa shape index (κ1) is 22.2. The highest BCUT2D eigenvalue weighted by atomic mass is 32.2. The van der Waals surface area contributed by atoms with E-state index in [-0.39, 0.29) is 27.6 Å². The van der Waals surface area contributed by atoms with Crippen LogP contribution in [0.15, 0.2) is 53.4 Å². The van der Waals surface area contributed by atoms with Crippen LogP contribution in [-0.4, -0.2) is 44.4 Å². The molecule has 30 heavy (non-hydrogen) atoms. The van der Waals surface area contributed by atoms with Crippen LogP contribution in [0.3, 0.4) is 0 Å². The van der Waals surface area contributed by atoms with Crippen LogP contribution in [0.2, 0.25) is 0 Å². The third kappa shape index (κ3) is 5.58. The molecule has 0 bridgehead atoms. The van der Waals surface area contributed by atoms with Crippen molar-refractivity contribution in [1.29, 1.82) is 0 Å². The van der Waals surface area contributed by atoms with E-state index >= 15 is 0 Å². The number of halogens is 1. The van der Waals surface area contributed by atoms with Crippen LogP contribution in [0.4, 0.5) is 10.1 Å². The van der Waals surface area contributed by atoms with E-state index in [9.17, 15) is 17.6 Å². The van der Waals surface area contributed by atoms with Crippen LogP contribution in [-0.2, 0) is 10.0 Å². The minimum absolute atomic E-state index is 0.0326. The van der Waals surface area contributed by atoms with E-state index in [0.717, 1.165) is 13.1 Å². The zero-order valence-corrected chi connectivity index (χ0v) is 18.1. The Balaban J connectivity index is 1.67. The van der Waals surface area contributed by atoms with E-state index in [1.54, 1.807) is 6.07 Å². The second-order valence-electron chi connectivity index (χ2n) is 8.18. The van der Waals surface area contributed by atoms with Crippen molar-refractivity contribution in [3.63, 3.8) is 0 Å². The molecule has 0 radical (unpaired) electrons. The van der Waals surface area contributed by atoms with Gasteiger partial charge in [-0.3, -0.25) is 14.4 Å². The molecule has 2 aromatic rings. The highest BCUT2D eigenvalue weighted by molar-refractivity contribution is 7.92. The molecule has 0 spiro atoms. The average Bonchev–Trinajstić information content (AvgIpc) is 2.74. The number of anilines is 1. The lowest BCUT2D eigenvalue weighted by Gasteiger charge is -2.41. The van der Waals surface area contributed by atoms with Gasteiger partial charge in [-0.05, 0) is 82.2 Å². The number of nitrogens with one attached hydrogen (secondary N) is 2. The first-order valence-electron chi connectivity index (χ1n) is 10.1. The summed E-state index contributed by atoms with van der Waals surface area (Å²) in [4.78, 5) is 15.0. The minimum atomic E-state index is -3.90. The number of piperidine rings is 1. The lowest BCUT2D eigenvalue weighted by molar-refractivity contribution is 0.0797. The summed E-state index contributed by atoms with van der Waals surface area (Å²) in [6.07, 6.45) is 3.57. The highest BCUT2D eigenvalue weighted by Gasteiger charge is 2.28. The smallest absolute Gasteiger partial charge is 0.261 e. The van der Waals surface area contributed by atoms with Gasteiger partial charge < -0.3 is 5.32 Å². The Kier molecular flexibility index (Phi) is 6.77. The van der Waals surface area contributed by atoms with Gasteiger partial charge in [-0.15, -0.1) is 0 Å². The van der Waals surface area contributed by atoms with E-state index in [1.807, 2.05) is 0 Å². The largest absolute Gasteiger partial charge is 0.350 e. The van der Waals surface area contributed by atoms with Crippen LogP contribution >= 0.6 is 0 Å². The third-order valence-electron chi connectivity index (χ3n) is 5.40. The molecule has 3 rings (SSSR count). The van der Waals surface area contributed by atoms with E-state index in [2.05, 4.69) is 28.8 Å². The average molecular weight is 434 g/mol. The van der Waals surface area contributed by atoms with Crippen LogP contribution in [0.1, 0.15) is 43.5 Å². The van der Waals surface area contributed by atoms with Gasteiger partial charge in [-0.25, -0.2) is 12.8 Å². The van der Waals surface area contributed by atoms with Gasteiger partial charge >= 0.3 is 0 Å². The number of carbonyl (C=O) groups is 1. The lowest BCUT2D eigenvalue weighted by atomic mass is 9.98. The predicted molar refractivity (Wildman–Crippen MR) is 115 cm³/mol. The van der Waals surface area contributed by atoms with Crippen molar-refractivity contribution in [3.8, 4) is 0 Å². The number of hydrogen-bond donors (Lipinski definition) is 2. The minimum Gasteiger partial charge on any atom is -0.350 e. The molecule has 1 amide bonds. The molecular formula is C22H28FN3O3S. The maximum Gasteiger partial charge on any atom is 0.261 e. The Labute approximate surface area is 177 Å². The highest BCUT2D eigenvalue weighted by Crippen LogP contribution is 2.21. The monoisotopic (exact) mass is 433 g/mol. The summed E-state index contributed by atoms with van der Waals surface area (Å²) in [5, 5.41) is 2.93. The first-order valence-corrected chi connectivity index (χ1v) is 11.6. The van der Waals surface area contributed by atoms with Gasteiger partial charge in [0.15, 0.2) is 0 Å². The number of carbonyl (C=O) groups excluding carboxylic acids is 1. The van der Waals surface area contributed by atoms with Gasteiger partial charge in [0.2, 0.25) is 0 Å².